The Labute approximate surface area is 165 Å². The van der Waals surface area contributed by atoms with Crippen LogP contribution in [0.1, 0.15) is 11.1 Å². The zero-order valence-electron chi connectivity index (χ0n) is 15.0. The van der Waals surface area contributed by atoms with Gasteiger partial charge in [0.05, 0.1) is 17.2 Å². The molecular weight excluding hydrogens is 381 g/mol. The number of hydrogen-bond acceptors (Lipinski definition) is 3. The summed E-state index contributed by atoms with van der Waals surface area (Å²) in [5.74, 6) is -0.123. The summed E-state index contributed by atoms with van der Waals surface area (Å²) in [5, 5.41) is 11.2. The lowest BCUT2D eigenvalue weighted by molar-refractivity contribution is -0.137. The van der Waals surface area contributed by atoms with Crippen LogP contribution in [0, 0.1) is 11.3 Å². The summed E-state index contributed by atoms with van der Waals surface area (Å²) < 4.78 is 43.5. The van der Waals surface area contributed by atoms with Crippen LogP contribution in [0.5, 0.6) is 5.75 Å². The summed E-state index contributed by atoms with van der Waals surface area (Å²) in [6.07, 6.45) is -4.48. The number of anilines is 1. The van der Waals surface area contributed by atoms with Crippen LogP contribution in [0.25, 0.3) is 11.1 Å². The van der Waals surface area contributed by atoms with Crippen molar-refractivity contribution in [2.24, 2.45) is 0 Å². The third kappa shape index (κ3) is 5.36. The maximum Gasteiger partial charge on any atom is 0.416 e. The highest BCUT2D eigenvalue weighted by Gasteiger charge is 2.30. The van der Waals surface area contributed by atoms with Crippen molar-refractivity contribution in [3.05, 3.63) is 83.9 Å². The molecule has 0 aliphatic rings. The van der Waals surface area contributed by atoms with E-state index < -0.39 is 17.6 Å². The average molecular weight is 396 g/mol. The third-order valence-electron chi connectivity index (χ3n) is 4.05. The lowest BCUT2D eigenvalue weighted by Crippen LogP contribution is -2.20. The Bertz CT molecular complexity index is 1040. The predicted octanol–water partition coefficient (Wildman–Crippen LogP) is 5.26. The summed E-state index contributed by atoms with van der Waals surface area (Å²) in [4.78, 5) is 12.0. The number of nitrogens with zero attached hydrogens (tertiary/aromatic N) is 1. The van der Waals surface area contributed by atoms with Crippen molar-refractivity contribution in [2.75, 3.05) is 11.9 Å². The minimum absolute atomic E-state index is 0.0459. The van der Waals surface area contributed by atoms with Crippen molar-refractivity contribution >= 4 is 11.6 Å². The third-order valence-corrected chi connectivity index (χ3v) is 4.05. The van der Waals surface area contributed by atoms with Gasteiger partial charge in [0.1, 0.15) is 5.75 Å². The van der Waals surface area contributed by atoms with Gasteiger partial charge in [-0.15, -0.1) is 0 Å². The Morgan fingerprint density at radius 2 is 1.59 bits per heavy atom. The second-order valence-corrected chi connectivity index (χ2v) is 6.13. The first-order valence-corrected chi connectivity index (χ1v) is 8.56. The molecule has 3 aromatic rings. The molecule has 1 amide bonds. The number of benzene rings is 3. The number of alkyl halides is 3. The summed E-state index contributed by atoms with van der Waals surface area (Å²) in [7, 11) is 0. The van der Waals surface area contributed by atoms with E-state index in [-0.39, 0.29) is 12.3 Å². The number of nitrogens with one attached hydrogen (secondary N) is 1. The molecule has 0 bridgehead atoms. The standard InChI is InChI=1S/C22H15F3N2O2/c23-22(24,25)18-2-1-3-19(12-18)27-21(28)14-29-20-10-8-17(9-11-20)16-6-4-15(13-26)5-7-16/h1-12H,14H2,(H,27,28). The highest BCUT2D eigenvalue weighted by molar-refractivity contribution is 5.92. The zero-order chi connectivity index (χ0) is 20.9. The highest BCUT2D eigenvalue weighted by atomic mass is 19.4. The number of carbonyl (C=O) groups is 1. The summed E-state index contributed by atoms with van der Waals surface area (Å²) in [6.45, 7) is -0.341. The normalized spacial score (nSPS) is 10.8. The van der Waals surface area contributed by atoms with E-state index in [1.54, 1.807) is 36.4 Å². The fourth-order valence-corrected chi connectivity index (χ4v) is 2.60. The average Bonchev–Trinajstić information content (AvgIpc) is 2.72. The van der Waals surface area contributed by atoms with Crippen LogP contribution >= 0.6 is 0 Å². The van der Waals surface area contributed by atoms with E-state index in [4.69, 9.17) is 10.00 Å². The van der Waals surface area contributed by atoms with Crippen molar-refractivity contribution in [2.45, 2.75) is 6.18 Å². The van der Waals surface area contributed by atoms with Crippen LogP contribution in [-0.4, -0.2) is 12.5 Å². The monoisotopic (exact) mass is 396 g/mol. The molecule has 0 aliphatic heterocycles. The Morgan fingerprint density at radius 3 is 2.17 bits per heavy atom. The van der Waals surface area contributed by atoms with Crippen molar-refractivity contribution in [1.82, 2.24) is 0 Å². The van der Waals surface area contributed by atoms with E-state index in [0.717, 1.165) is 23.3 Å². The van der Waals surface area contributed by atoms with Crippen LogP contribution in [0.15, 0.2) is 72.8 Å². The van der Waals surface area contributed by atoms with Crippen LogP contribution < -0.4 is 10.1 Å². The number of halogens is 3. The predicted molar refractivity (Wildman–Crippen MR) is 102 cm³/mol. The van der Waals surface area contributed by atoms with Gasteiger partial charge in [-0.05, 0) is 53.6 Å². The van der Waals surface area contributed by atoms with E-state index in [0.29, 0.717) is 11.3 Å². The zero-order valence-corrected chi connectivity index (χ0v) is 15.0. The molecule has 0 heterocycles. The van der Waals surface area contributed by atoms with Crippen molar-refractivity contribution in [3.63, 3.8) is 0 Å². The summed E-state index contributed by atoms with van der Waals surface area (Å²) in [6, 6.07) is 20.5. The Balaban J connectivity index is 1.57. The first kappa shape index (κ1) is 20.0. The van der Waals surface area contributed by atoms with E-state index in [1.165, 1.54) is 12.1 Å². The molecule has 0 spiro atoms. The van der Waals surface area contributed by atoms with Crippen molar-refractivity contribution in [3.8, 4) is 22.9 Å². The van der Waals surface area contributed by atoms with Gasteiger partial charge in [-0.2, -0.15) is 18.4 Å². The maximum absolute atomic E-state index is 12.7. The van der Waals surface area contributed by atoms with E-state index >= 15 is 0 Å². The molecule has 0 unspecified atom stereocenters. The highest BCUT2D eigenvalue weighted by Crippen LogP contribution is 2.30. The van der Waals surface area contributed by atoms with Gasteiger partial charge in [0.15, 0.2) is 6.61 Å². The summed E-state index contributed by atoms with van der Waals surface area (Å²) in [5.41, 5.74) is 1.62. The largest absolute Gasteiger partial charge is 0.484 e. The SMILES string of the molecule is N#Cc1ccc(-c2ccc(OCC(=O)Nc3cccc(C(F)(F)F)c3)cc2)cc1. The second kappa shape index (κ2) is 8.48. The summed E-state index contributed by atoms with van der Waals surface area (Å²) >= 11 is 0. The molecule has 146 valence electrons. The molecule has 1 N–H and O–H groups in total. The number of hydrogen-bond donors (Lipinski definition) is 1. The topological polar surface area (TPSA) is 62.1 Å². The smallest absolute Gasteiger partial charge is 0.416 e. The molecule has 0 saturated carbocycles. The first-order valence-electron chi connectivity index (χ1n) is 8.56. The molecule has 0 aromatic heterocycles. The molecule has 0 atom stereocenters. The molecular formula is C22H15F3N2O2. The van der Waals surface area contributed by atoms with Crippen LogP contribution in [0.3, 0.4) is 0 Å². The maximum atomic E-state index is 12.7. The van der Waals surface area contributed by atoms with E-state index in [1.807, 2.05) is 12.1 Å². The molecule has 3 aromatic carbocycles. The van der Waals surface area contributed by atoms with Gasteiger partial charge in [-0.25, -0.2) is 0 Å². The molecule has 0 fully saturated rings. The minimum Gasteiger partial charge on any atom is -0.484 e. The lowest BCUT2D eigenvalue weighted by Gasteiger charge is -2.11. The molecule has 0 saturated heterocycles. The first-order chi connectivity index (χ1) is 13.8. The quantitative estimate of drug-likeness (QED) is 0.640. The van der Waals surface area contributed by atoms with Crippen LogP contribution in [0.4, 0.5) is 18.9 Å². The lowest BCUT2D eigenvalue weighted by atomic mass is 10.0. The molecule has 0 radical (unpaired) electrons. The van der Waals surface area contributed by atoms with Gasteiger partial charge in [-0.1, -0.05) is 30.3 Å². The van der Waals surface area contributed by atoms with Gasteiger partial charge in [-0.3, -0.25) is 4.79 Å². The van der Waals surface area contributed by atoms with Gasteiger partial charge < -0.3 is 10.1 Å². The van der Waals surface area contributed by atoms with Crippen molar-refractivity contribution in [1.29, 1.82) is 5.26 Å². The number of nitriles is 1. The van der Waals surface area contributed by atoms with Crippen molar-refractivity contribution < 1.29 is 22.7 Å². The molecule has 7 heteroatoms. The van der Waals surface area contributed by atoms with E-state index in [2.05, 4.69) is 11.4 Å². The van der Waals surface area contributed by atoms with Gasteiger partial charge in [0.25, 0.3) is 5.91 Å². The molecule has 4 nitrogen and oxygen atoms in total. The van der Waals surface area contributed by atoms with E-state index in [9.17, 15) is 18.0 Å². The Hall–Kier alpha value is -3.79. The number of ether oxygens (including phenoxy) is 1. The van der Waals surface area contributed by atoms with Gasteiger partial charge in [0, 0.05) is 5.69 Å². The minimum atomic E-state index is -4.48. The Morgan fingerprint density at radius 1 is 0.966 bits per heavy atom. The fourth-order valence-electron chi connectivity index (χ4n) is 2.60. The van der Waals surface area contributed by atoms with Gasteiger partial charge in [0.2, 0.25) is 0 Å². The number of rotatable bonds is 5. The second-order valence-electron chi connectivity index (χ2n) is 6.13. The fraction of sp³-hybridized carbons (Fsp3) is 0.0909. The van der Waals surface area contributed by atoms with Gasteiger partial charge >= 0.3 is 6.18 Å². The molecule has 29 heavy (non-hydrogen) atoms. The Kier molecular flexibility index (Phi) is 5.84. The molecule has 0 aliphatic carbocycles. The van der Waals surface area contributed by atoms with Crippen LogP contribution in [0.2, 0.25) is 0 Å². The number of amides is 1. The van der Waals surface area contributed by atoms with Crippen LogP contribution in [-0.2, 0) is 11.0 Å². The number of carbonyl (C=O) groups excluding carboxylic acids is 1. The molecule has 3 rings (SSSR count).